The smallest absolute Gasteiger partial charge is 0.165 e. The van der Waals surface area contributed by atoms with E-state index < -0.39 is 0 Å². The number of unbranched alkanes of at least 4 members (excludes halogenated alkanes) is 1. The lowest BCUT2D eigenvalue weighted by Crippen LogP contribution is -2.14. The van der Waals surface area contributed by atoms with Gasteiger partial charge < -0.3 is 19.5 Å². The molecule has 1 N–H and O–H groups in total. The third kappa shape index (κ3) is 4.50. The van der Waals surface area contributed by atoms with Crippen LogP contribution in [0.1, 0.15) is 43.4 Å². The van der Waals surface area contributed by atoms with Gasteiger partial charge in [0.2, 0.25) is 0 Å². The van der Waals surface area contributed by atoms with Gasteiger partial charge in [-0.3, -0.25) is 0 Å². The maximum absolute atomic E-state index is 5.99. The third-order valence-corrected chi connectivity index (χ3v) is 4.63. The highest BCUT2D eigenvalue weighted by atomic mass is 16.5. The molecule has 2 aromatic carbocycles. The van der Waals surface area contributed by atoms with Crippen molar-refractivity contribution in [3.8, 4) is 17.2 Å². The minimum Gasteiger partial charge on any atom is -0.493 e. The molecule has 0 aromatic heterocycles. The first kappa shape index (κ1) is 18.6. The Balaban J connectivity index is 1.62. The largest absolute Gasteiger partial charge is 0.493 e. The summed E-state index contributed by atoms with van der Waals surface area (Å²) < 4.78 is 17.2. The molecule has 26 heavy (non-hydrogen) atoms. The van der Waals surface area contributed by atoms with Crippen LogP contribution in [0, 0.1) is 0 Å². The summed E-state index contributed by atoms with van der Waals surface area (Å²) in [5, 5.41) is 3.53. The Morgan fingerprint density at radius 2 is 2.08 bits per heavy atom. The second-order valence-electron chi connectivity index (χ2n) is 6.83. The molecule has 1 atom stereocenters. The standard InChI is InChI=1S/C22H29NO3/c1-4-5-11-25-22-18(7-6-8-21(22)24-3)15-23-14-17-9-10-20-19(13-17)12-16(2)26-20/h6-10,13,16,23H,4-5,11-12,14-15H2,1-3H3/t16-/m0/s1. The molecule has 2 aromatic rings. The van der Waals surface area contributed by atoms with Crippen molar-refractivity contribution in [3.63, 3.8) is 0 Å². The monoisotopic (exact) mass is 355 g/mol. The van der Waals surface area contributed by atoms with E-state index in [4.69, 9.17) is 14.2 Å². The van der Waals surface area contributed by atoms with Crippen molar-refractivity contribution in [2.75, 3.05) is 13.7 Å². The lowest BCUT2D eigenvalue weighted by Gasteiger charge is -2.15. The molecule has 0 saturated heterocycles. The molecular weight excluding hydrogens is 326 g/mol. The number of para-hydroxylation sites is 1. The first-order valence-electron chi connectivity index (χ1n) is 9.49. The highest BCUT2D eigenvalue weighted by molar-refractivity contribution is 5.46. The minimum atomic E-state index is 0.285. The maximum atomic E-state index is 5.99. The molecule has 140 valence electrons. The van der Waals surface area contributed by atoms with Crippen molar-refractivity contribution in [1.82, 2.24) is 5.32 Å². The van der Waals surface area contributed by atoms with E-state index in [2.05, 4.69) is 43.4 Å². The normalized spacial score (nSPS) is 15.4. The van der Waals surface area contributed by atoms with Gasteiger partial charge in [-0.1, -0.05) is 37.6 Å². The second kappa shape index (κ2) is 8.95. The van der Waals surface area contributed by atoms with Gasteiger partial charge in [-0.05, 0) is 36.6 Å². The lowest BCUT2D eigenvalue weighted by molar-refractivity contribution is 0.254. The Morgan fingerprint density at radius 3 is 2.88 bits per heavy atom. The van der Waals surface area contributed by atoms with E-state index >= 15 is 0 Å². The van der Waals surface area contributed by atoms with Gasteiger partial charge in [-0.15, -0.1) is 0 Å². The Hall–Kier alpha value is -2.20. The topological polar surface area (TPSA) is 39.7 Å². The van der Waals surface area contributed by atoms with Crippen molar-refractivity contribution in [2.45, 2.75) is 52.3 Å². The zero-order valence-corrected chi connectivity index (χ0v) is 16.0. The second-order valence-corrected chi connectivity index (χ2v) is 6.83. The Kier molecular flexibility index (Phi) is 6.40. The van der Waals surface area contributed by atoms with Gasteiger partial charge in [0.1, 0.15) is 11.9 Å². The number of hydrogen-bond acceptors (Lipinski definition) is 4. The SMILES string of the molecule is CCCCOc1c(CNCc2ccc3c(c2)C[C@H](C)O3)cccc1OC. The lowest BCUT2D eigenvalue weighted by atomic mass is 10.1. The van der Waals surface area contributed by atoms with Crippen molar-refractivity contribution in [1.29, 1.82) is 0 Å². The summed E-state index contributed by atoms with van der Waals surface area (Å²) in [5.74, 6) is 2.68. The van der Waals surface area contributed by atoms with Crippen molar-refractivity contribution >= 4 is 0 Å². The van der Waals surface area contributed by atoms with Gasteiger partial charge in [-0.25, -0.2) is 0 Å². The molecule has 1 heterocycles. The molecule has 0 unspecified atom stereocenters. The van der Waals surface area contributed by atoms with Crippen LogP contribution in [-0.2, 0) is 19.5 Å². The summed E-state index contributed by atoms with van der Waals surface area (Å²) in [5.41, 5.74) is 3.71. The van der Waals surface area contributed by atoms with E-state index in [-0.39, 0.29) is 6.10 Å². The summed E-state index contributed by atoms with van der Waals surface area (Å²) in [6, 6.07) is 12.5. The Morgan fingerprint density at radius 1 is 1.19 bits per heavy atom. The number of fused-ring (bicyclic) bond motifs is 1. The fourth-order valence-corrected chi connectivity index (χ4v) is 3.27. The molecular formula is C22H29NO3. The van der Waals surface area contributed by atoms with Crippen molar-refractivity contribution in [3.05, 3.63) is 53.1 Å². The summed E-state index contributed by atoms with van der Waals surface area (Å²) in [6.45, 7) is 6.54. The van der Waals surface area contributed by atoms with Crippen LogP contribution in [0.4, 0.5) is 0 Å². The minimum absolute atomic E-state index is 0.285. The predicted molar refractivity (Wildman–Crippen MR) is 104 cm³/mol. The Bertz CT molecular complexity index is 729. The van der Waals surface area contributed by atoms with E-state index in [0.29, 0.717) is 6.61 Å². The van der Waals surface area contributed by atoms with E-state index in [1.807, 2.05) is 12.1 Å². The van der Waals surface area contributed by atoms with Crippen LogP contribution in [-0.4, -0.2) is 19.8 Å². The van der Waals surface area contributed by atoms with E-state index in [1.165, 1.54) is 11.1 Å². The fourth-order valence-electron chi connectivity index (χ4n) is 3.27. The van der Waals surface area contributed by atoms with E-state index in [1.54, 1.807) is 7.11 Å². The molecule has 1 aliphatic heterocycles. The van der Waals surface area contributed by atoms with Crippen LogP contribution in [0.5, 0.6) is 17.2 Å². The highest BCUT2D eigenvalue weighted by Gasteiger charge is 2.18. The van der Waals surface area contributed by atoms with Crippen LogP contribution in [0.15, 0.2) is 36.4 Å². The Labute approximate surface area is 156 Å². The molecule has 4 heteroatoms. The van der Waals surface area contributed by atoms with E-state index in [0.717, 1.165) is 55.2 Å². The van der Waals surface area contributed by atoms with Crippen LogP contribution in [0.2, 0.25) is 0 Å². The zero-order chi connectivity index (χ0) is 18.4. The zero-order valence-electron chi connectivity index (χ0n) is 16.0. The summed E-state index contributed by atoms with van der Waals surface area (Å²) in [6.07, 6.45) is 3.44. The van der Waals surface area contributed by atoms with Gasteiger partial charge in [0, 0.05) is 25.1 Å². The van der Waals surface area contributed by atoms with Gasteiger partial charge >= 0.3 is 0 Å². The van der Waals surface area contributed by atoms with Crippen LogP contribution < -0.4 is 19.5 Å². The summed E-state index contributed by atoms with van der Waals surface area (Å²) in [4.78, 5) is 0. The van der Waals surface area contributed by atoms with Gasteiger partial charge in [0.25, 0.3) is 0 Å². The van der Waals surface area contributed by atoms with Crippen molar-refractivity contribution < 1.29 is 14.2 Å². The molecule has 0 radical (unpaired) electrons. The number of benzene rings is 2. The van der Waals surface area contributed by atoms with Gasteiger partial charge in [-0.2, -0.15) is 0 Å². The van der Waals surface area contributed by atoms with Crippen molar-refractivity contribution in [2.24, 2.45) is 0 Å². The number of hydrogen-bond donors (Lipinski definition) is 1. The molecule has 0 bridgehead atoms. The fraction of sp³-hybridized carbons (Fsp3) is 0.455. The predicted octanol–water partition coefficient (Wildman–Crippen LogP) is 4.49. The first-order chi connectivity index (χ1) is 12.7. The number of rotatable bonds is 9. The molecule has 3 rings (SSSR count). The molecule has 4 nitrogen and oxygen atoms in total. The molecule has 0 fully saturated rings. The molecule has 0 spiro atoms. The molecule has 1 aliphatic rings. The third-order valence-electron chi connectivity index (χ3n) is 4.63. The van der Waals surface area contributed by atoms with E-state index in [9.17, 15) is 0 Å². The first-order valence-corrected chi connectivity index (χ1v) is 9.49. The van der Waals surface area contributed by atoms with Crippen LogP contribution in [0.3, 0.4) is 0 Å². The van der Waals surface area contributed by atoms with Gasteiger partial charge in [0.05, 0.1) is 13.7 Å². The highest BCUT2D eigenvalue weighted by Crippen LogP contribution is 2.32. The average molecular weight is 355 g/mol. The average Bonchev–Trinajstić information content (AvgIpc) is 3.02. The number of ether oxygens (including phenoxy) is 3. The number of methoxy groups -OCH3 is 1. The summed E-state index contributed by atoms with van der Waals surface area (Å²) in [7, 11) is 1.69. The molecule has 0 saturated carbocycles. The summed E-state index contributed by atoms with van der Waals surface area (Å²) >= 11 is 0. The number of nitrogens with one attached hydrogen (secondary N) is 1. The molecule has 0 aliphatic carbocycles. The molecule has 0 amide bonds. The maximum Gasteiger partial charge on any atom is 0.165 e. The van der Waals surface area contributed by atoms with Crippen LogP contribution >= 0.6 is 0 Å². The van der Waals surface area contributed by atoms with Crippen LogP contribution in [0.25, 0.3) is 0 Å². The van der Waals surface area contributed by atoms with Gasteiger partial charge in [0.15, 0.2) is 11.5 Å². The quantitative estimate of drug-likeness (QED) is 0.673.